The van der Waals surface area contributed by atoms with Crippen LogP contribution in [0.5, 0.6) is 0 Å². The Bertz CT molecular complexity index is 201. The Morgan fingerprint density at radius 3 is 2.92 bits per heavy atom. The lowest BCUT2D eigenvalue weighted by Crippen LogP contribution is -2.11. The summed E-state index contributed by atoms with van der Waals surface area (Å²) in [4.78, 5) is 10.7. The molecule has 0 aliphatic heterocycles. The third-order valence-electron chi connectivity index (χ3n) is 1.74. The normalized spacial score (nSPS) is 11.4. The van der Waals surface area contributed by atoms with Crippen LogP contribution >= 0.6 is 0 Å². The highest BCUT2D eigenvalue weighted by Gasteiger charge is 2.06. The third-order valence-corrected chi connectivity index (χ3v) is 1.74. The molecule has 0 saturated heterocycles. The second-order valence-electron chi connectivity index (χ2n) is 2.84. The summed E-state index contributed by atoms with van der Waals surface area (Å²) in [6, 6.07) is 0. The molecule has 0 amide bonds. The predicted octanol–water partition coefficient (Wildman–Crippen LogP) is 2.16. The molecule has 1 unspecified atom stereocenters. The molecule has 72 valence electrons. The van der Waals surface area contributed by atoms with Crippen LogP contribution in [-0.4, -0.2) is 12.6 Å². The Morgan fingerprint density at radius 1 is 1.77 bits per heavy atom. The summed E-state index contributed by atoms with van der Waals surface area (Å²) < 4.78 is 4.84. The van der Waals surface area contributed by atoms with E-state index in [0.29, 0.717) is 6.61 Å². The van der Waals surface area contributed by atoms with E-state index in [1.807, 2.05) is 0 Å². The molecule has 0 aromatic heterocycles. The summed E-state index contributed by atoms with van der Waals surface area (Å²) in [5, 5.41) is 0. The molecule has 0 aliphatic carbocycles. The summed E-state index contributed by atoms with van der Waals surface area (Å²) in [6.07, 6.45) is 9.51. The Labute approximate surface area is 80.0 Å². The molecular formula is C11H16O2. The second-order valence-corrected chi connectivity index (χ2v) is 2.84. The number of esters is 1. The minimum absolute atomic E-state index is 0.0452. The van der Waals surface area contributed by atoms with E-state index in [1.54, 1.807) is 0 Å². The van der Waals surface area contributed by atoms with E-state index in [4.69, 9.17) is 11.2 Å². The van der Waals surface area contributed by atoms with E-state index in [1.165, 1.54) is 0 Å². The molecule has 0 bridgehead atoms. The molecule has 0 fully saturated rings. The molecular weight excluding hydrogens is 164 g/mol. The van der Waals surface area contributed by atoms with Crippen molar-refractivity contribution in [2.45, 2.75) is 26.2 Å². The first-order valence-electron chi connectivity index (χ1n) is 4.49. The maximum atomic E-state index is 10.7. The summed E-state index contributed by atoms with van der Waals surface area (Å²) in [7, 11) is 0. The number of carbonyl (C=O) groups excluding carboxylic acids is 1. The number of terminal acetylenes is 1. The Hall–Kier alpha value is -1.23. The Balaban J connectivity index is 3.66. The van der Waals surface area contributed by atoms with E-state index in [2.05, 4.69) is 19.4 Å². The van der Waals surface area contributed by atoms with Gasteiger partial charge in [-0.3, -0.25) is 0 Å². The fourth-order valence-corrected chi connectivity index (χ4v) is 0.907. The van der Waals surface area contributed by atoms with Gasteiger partial charge in [-0.05, 0) is 6.42 Å². The topological polar surface area (TPSA) is 26.3 Å². The van der Waals surface area contributed by atoms with Gasteiger partial charge in [-0.2, -0.15) is 0 Å². The minimum atomic E-state index is -0.406. The number of hydrogen-bond donors (Lipinski definition) is 0. The van der Waals surface area contributed by atoms with Crippen LogP contribution in [0.4, 0.5) is 0 Å². The monoisotopic (exact) mass is 180 g/mol. The van der Waals surface area contributed by atoms with Gasteiger partial charge < -0.3 is 4.74 Å². The average Bonchev–Trinajstić information content (AvgIpc) is 2.17. The Kier molecular flexibility index (Phi) is 6.72. The van der Waals surface area contributed by atoms with Crippen molar-refractivity contribution in [3.8, 4) is 12.3 Å². The molecule has 0 rings (SSSR count). The Morgan fingerprint density at radius 2 is 2.46 bits per heavy atom. The van der Waals surface area contributed by atoms with Crippen LogP contribution in [0, 0.1) is 18.3 Å². The average molecular weight is 180 g/mol. The zero-order valence-electron chi connectivity index (χ0n) is 8.08. The van der Waals surface area contributed by atoms with Gasteiger partial charge in [0, 0.05) is 6.08 Å². The van der Waals surface area contributed by atoms with Gasteiger partial charge in [0.15, 0.2) is 0 Å². The second kappa shape index (κ2) is 7.42. The lowest BCUT2D eigenvalue weighted by molar-refractivity contribution is -0.138. The molecule has 0 heterocycles. The number of ether oxygens (including phenoxy) is 1. The number of unbranched alkanes of at least 4 members (excludes halogenated alkanes) is 1. The molecule has 0 aliphatic rings. The van der Waals surface area contributed by atoms with Crippen LogP contribution in [0.1, 0.15) is 26.2 Å². The summed E-state index contributed by atoms with van der Waals surface area (Å²) in [5.41, 5.74) is 0. The molecule has 2 heteroatoms. The van der Waals surface area contributed by atoms with Crippen LogP contribution in [-0.2, 0) is 9.53 Å². The fraction of sp³-hybridized carbons (Fsp3) is 0.545. The quantitative estimate of drug-likeness (QED) is 0.355. The van der Waals surface area contributed by atoms with Crippen LogP contribution in [0.3, 0.4) is 0 Å². The van der Waals surface area contributed by atoms with Crippen LogP contribution in [0.25, 0.3) is 0 Å². The van der Waals surface area contributed by atoms with Crippen molar-refractivity contribution < 1.29 is 9.53 Å². The molecule has 0 N–H and O–H groups in total. The third kappa shape index (κ3) is 5.98. The highest BCUT2D eigenvalue weighted by Crippen LogP contribution is 2.07. The van der Waals surface area contributed by atoms with Gasteiger partial charge in [0.1, 0.15) is 6.61 Å². The SMILES string of the molecule is C#CC(CCCC)COC(=O)C=C. The van der Waals surface area contributed by atoms with E-state index in [0.717, 1.165) is 25.3 Å². The van der Waals surface area contributed by atoms with Crippen LogP contribution in [0.2, 0.25) is 0 Å². The van der Waals surface area contributed by atoms with Gasteiger partial charge in [0.25, 0.3) is 0 Å². The summed E-state index contributed by atoms with van der Waals surface area (Å²) in [5.74, 6) is 2.24. The zero-order valence-corrected chi connectivity index (χ0v) is 8.08. The maximum Gasteiger partial charge on any atom is 0.330 e. The minimum Gasteiger partial charge on any atom is -0.461 e. The van der Waals surface area contributed by atoms with Gasteiger partial charge >= 0.3 is 5.97 Å². The lowest BCUT2D eigenvalue weighted by Gasteiger charge is -2.09. The van der Waals surface area contributed by atoms with Crippen molar-refractivity contribution >= 4 is 5.97 Å². The van der Waals surface area contributed by atoms with Crippen LogP contribution in [0.15, 0.2) is 12.7 Å². The molecule has 1 atom stereocenters. The molecule has 0 spiro atoms. The van der Waals surface area contributed by atoms with E-state index >= 15 is 0 Å². The molecule has 0 radical (unpaired) electrons. The number of hydrogen-bond acceptors (Lipinski definition) is 2. The smallest absolute Gasteiger partial charge is 0.330 e. The van der Waals surface area contributed by atoms with Gasteiger partial charge in [0.05, 0.1) is 5.92 Å². The molecule has 0 saturated carbocycles. The van der Waals surface area contributed by atoms with E-state index in [-0.39, 0.29) is 5.92 Å². The molecule has 0 aromatic rings. The highest BCUT2D eigenvalue weighted by atomic mass is 16.5. The first-order valence-corrected chi connectivity index (χ1v) is 4.49. The van der Waals surface area contributed by atoms with Crippen LogP contribution < -0.4 is 0 Å². The van der Waals surface area contributed by atoms with Gasteiger partial charge in [0.2, 0.25) is 0 Å². The van der Waals surface area contributed by atoms with Crippen molar-refractivity contribution in [2.75, 3.05) is 6.61 Å². The van der Waals surface area contributed by atoms with Crippen molar-refractivity contribution in [3.05, 3.63) is 12.7 Å². The van der Waals surface area contributed by atoms with Gasteiger partial charge in [-0.25, -0.2) is 4.79 Å². The molecule has 2 nitrogen and oxygen atoms in total. The van der Waals surface area contributed by atoms with Crippen molar-refractivity contribution in [1.29, 1.82) is 0 Å². The van der Waals surface area contributed by atoms with Crippen molar-refractivity contribution in [1.82, 2.24) is 0 Å². The van der Waals surface area contributed by atoms with E-state index in [9.17, 15) is 4.79 Å². The summed E-state index contributed by atoms with van der Waals surface area (Å²) in [6.45, 7) is 5.71. The standard InChI is InChI=1S/C11H16O2/c1-4-7-8-10(5-2)9-13-11(12)6-3/h2,6,10H,3-4,7-9H2,1H3. The first-order chi connectivity index (χ1) is 6.24. The highest BCUT2D eigenvalue weighted by molar-refractivity contribution is 5.81. The molecule has 13 heavy (non-hydrogen) atoms. The zero-order chi connectivity index (χ0) is 10.1. The number of carbonyl (C=O) groups is 1. The van der Waals surface area contributed by atoms with Gasteiger partial charge in [-0.1, -0.05) is 32.3 Å². The van der Waals surface area contributed by atoms with Gasteiger partial charge in [-0.15, -0.1) is 6.42 Å². The summed E-state index contributed by atoms with van der Waals surface area (Å²) >= 11 is 0. The largest absolute Gasteiger partial charge is 0.461 e. The fourth-order valence-electron chi connectivity index (χ4n) is 0.907. The maximum absolute atomic E-state index is 10.7. The van der Waals surface area contributed by atoms with E-state index < -0.39 is 5.97 Å². The van der Waals surface area contributed by atoms with Crippen molar-refractivity contribution in [2.24, 2.45) is 5.92 Å². The first kappa shape index (κ1) is 11.8. The predicted molar refractivity (Wildman–Crippen MR) is 53.0 cm³/mol. The number of rotatable bonds is 6. The lowest BCUT2D eigenvalue weighted by atomic mass is 10.0. The molecule has 0 aromatic carbocycles. The van der Waals surface area contributed by atoms with Crippen molar-refractivity contribution in [3.63, 3.8) is 0 Å².